The van der Waals surface area contributed by atoms with E-state index in [0.717, 1.165) is 0 Å². The van der Waals surface area contributed by atoms with Gasteiger partial charge in [-0.15, -0.1) is 0 Å². The standard InChI is InChI=1S/C8H9N2O3.Zn/c9-8(10)13-7(12)5-1-3-6(11)4-2-5;/h1-4,11H,9-10H2;/q-1;. The first-order valence-corrected chi connectivity index (χ1v) is 3.48. The van der Waals surface area contributed by atoms with E-state index < -0.39 is 12.3 Å². The second kappa shape index (κ2) is 5.70. The van der Waals surface area contributed by atoms with E-state index in [-0.39, 0.29) is 30.8 Å². The van der Waals surface area contributed by atoms with Gasteiger partial charge in [0.15, 0.2) is 0 Å². The van der Waals surface area contributed by atoms with Crippen LogP contribution in [0.2, 0.25) is 0 Å². The molecule has 0 atom stereocenters. The van der Waals surface area contributed by atoms with Crippen LogP contribution in [0.5, 0.6) is 5.75 Å². The zero-order valence-corrected chi connectivity index (χ0v) is 10.4. The number of hydrogen-bond donors (Lipinski definition) is 3. The summed E-state index contributed by atoms with van der Waals surface area (Å²) in [5, 5.41) is 8.91. The van der Waals surface area contributed by atoms with E-state index in [2.05, 4.69) is 4.74 Å². The van der Waals surface area contributed by atoms with Crippen molar-refractivity contribution in [3.63, 3.8) is 0 Å². The van der Waals surface area contributed by atoms with E-state index in [1.165, 1.54) is 24.3 Å². The second-order valence-corrected chi connectivity index (χ2v) is 2.34. The normalized spacial score (nSPS) is 9.36. The fourth-order valence-electron chi connectivity index (χ4n) is 0.763. The molecule has 0 aliphatic rings. The zero-order chi connectivity index (χ0) is 9.84. The molecular formula is C8H9N2O3Zn-. The molecular weight excluding hydrogens is 237 g/mol. The minimum Gasteiger partial charge on any atom is -0.600 e. The molecule has 0 unspecified atom stereocenters. The number of nitrogens with two attached hydrogens (primary N) is 2. The summed E-state index contributed by atoms with van der Waals surface area (Å²) in [6, 6.07) is 5.54. The molecule has 0 spiro atoms. The van der Waals surface area contributed by atoms with Gasteiger partial charge in [-0.1, -0.05) is 0 Å². The molecule has 1 aromatic carbocycles. The van der Waals surface area contributed by atoms with Crippen molar-refractivity contribution in [2.24, 2.45) is 11.5 Å². The molecule has 0 heterocycles. The van der Waals surface area contributed by atoms with Gasteiger partial charge in [0.25, 0.3) is 0 Å². The predicted molar refractivity (Wildman–Crippen MR) is 45.1 cm³/mol. The van der Waals surface area contributed by atoms with Gasteiger partial charge in [-0.05, 0) is 30.6 Å². The SMILES string of the molecule is N[C-](N)OC(=O)c1ccc(O)cc1.[Zn]. The van der Waals surface area contributed by atoms with Gasteiger partial charge in [-0.25, -0.2) is 4.79 Å². The van der Waals surface area contributed by atoms with Crippen molar-refractivity contribution in [1.82, 2.24) is 0 Å². The maximum Gasteiger partial charge on any atom is 0.309 e. The Hall–Kier alpha value is -0.967. The van der Waals surface area contributed by atoms with Gasteiger partial charge >= 0.3 is 5.97 Å². The number of ether oxygens (including phenoxy) is 1. The summed E-state index contributed by atoms with van der Waals surface area (Å²) < 4.78 is 4.43. The van der Waals surface area contributed by atoms with Gasteiger partial charge in [-0.2, -0.15) is 0 Å². The number of esters is 1. The summed E-state index contributed by atoms with van der Waals surface area (Å²) >= 11 is 0. The molecule has 0 aliphatic heterocycles. The van der Waals surface area contributed by atoms with Gasteiger partial charge in [0.2, 0.25) is 0 Å². The third-order valence-electron chi connectivity index (χ3n) is 1.31. The average molecular weight is 247 g/mol. The minimum absolute atomic E-state index is 0. The monoisotopic (exact) mass is 245 g/mol. The molecule has 1 aromatic rings. The first-order valence-electron chi connectivity index (χ1n) is 3.48. The second-order valence-electron chi connectivity index (χ2n) is 2.34. The Labute approximate surface area is 93.8 Å². The van der Waals surface area contributed by atoms with Crippen molar-refractivity contribution in [1.29, 1.82) is 0 Å². The Morgan fingerprint density at radius 2 is 1.79 bits per heavy atom. The van der Waals surface area contributed by atoms with Crippen molar-refractivity contribution in [2.45, 2.75) is 0 Å². The van der Waals surface area contributed by atoms with Gasteiger partial charge in [0.1, 0.15) is 5.75 Å². The molecule has 72 valence electrons. The van der Waals surface area contributed by atoms with Crippen LogP contribution in [0.4, 0.5) is 0 Å². The molecule has 6 heteroatoms. The van der Waals surface area contributed by atoms with Gasteiger partial charge in [0.05, 0.1) is 5.56 Å². The number of phenols is 1. The third kappa shape index (κ3) is 3.83. The molecule has 0 aromatic heterocycles. The Morgan fingerprint density at radius 1 is 1.29 bits per heavy atom. The average Bonchev–Trinajstić information content (AvgIpc) is 2.04. The number of aromatic hydroxyl groups is 1. The smallest absolute Gasteiger partial charge is 0.309 e. The van der Waals surface area contributed by atoms with Crippen molar-refractivity contribution >= 4 is 5.97 Å². The third-order valence-corrected chi connectivity index (χ3v) is 1.31. The number of benzene rings is 1. The summed E-state index contributed by atoms with van der Waals surface area (Å²) in [7, 11) is 0. The zero-order valence-electron chi connectivity index (χ0n) is 7.43. The first-order chi connectivity index (χ1) is 6.09. The first kappa shape index (κ1) is 13.0. The molecule has 5 nitrogen and oxygen atoms in total. The van der Waals surface area contributed by atoms with E-state index in [9.17, 15) is 4.79 Å². The summed E-state index contributed by atoms with van der Waals surface area (Å²) in [5.41, 5.74) is 10.2. The van der Waals surface area contributed by atoms with Crippen LogP contribution < -0.4 is 11.5 Å². The Kier molecular flexibility index (Phi) is 5.30. The molecule has 0 radical (unpaired) electrons. The largest absolute Gasteiger partial charge is 0.600 e. The summed E-state index contributed by atoms with van der Waals surface area (Å²) in [6.45, 7) is 0. The molecule has 5 N–H and O–H groups in total. The fourth-order valence-corrected chi connectivity index (χ4v) is 0.763. The molecule has 0 amide bonds. The maximum atomic E-state index is 11.1. The van der Waals surface area contributed by atoms with E-state index in [4.69, 9.17) is 16.6 Å². The number of rotatable bonds is 2. The topological polar surface area (TPSA) is 98.6 Å². The maximum absolute atomic E-state index is 11.1. The van der Waals surface area contributed by atoms with Crippen molar-refractivity contribution in [3.8, 4) is 5.75 Å². The van der Waals surface area contributed by atoms with E-state index >= 15 is 0 Å². The van der Waals surface area contributed by atoms with Crippen LogP contribution in [0, 0.1) is 6.35 Å². The molecule has 0 saturated carbocycles. The van der Waals surface area contributed by atoms with Crippen molar-refractivity contribution in [3.05, 3.63) is 36.2 Å². The number of carbonyl (C=O) groups excluding carboxylic acids is 1. The van der Waals surface area contributed by atoms with Gasteiger partial charge in [0, 0.05) is 19.5 Å². The molecule has 0 bridgehead atoms. The number of carbonyl (C=O) groups is 1. The van der Waals surface area contributed by atoms with Crippen LogP contribution in [-0.2, 0) is 24.2 Å². The van der Waals surface area contributed by atoms with Crippen LogP contribution in [0.3, 0.4) is 0 Å². The van der Waals surface area contributed by atoms with E-state index in [0.29, 0.717) is 0 Å². The molecule has 14 heavy (non-hydrogen) atoms. The summed E-state index contributed by atoms with van der Waals surface area (Å²) in [6.07, 6.45) is -0.405. The Morgan fingerprint density at radius 3 is 2.21 bits per heavy atom. The van der Waals surface area contributed by atoms with Crippen LogP contribution in [0.15, 0.2) is 24.3 Å². The fraction of sp³-hybridized carbons (Fsp3) is 0. The predicted octanol–water partition coefficient (Wildman–Crippen LogP) is -0.0891. The van der Waals surface area contributed by atoms with Crippen LogP contribution in [0.25, 0.3) is 0 Å². The molecule has 0 fully saturated rings. The van der Waals surface area contributed by atoms with E-state index in [1.807, 2.05) is 0 Å². The van der Waals surface area contributed by atoms with Gasteiger partial charge in [-0.3, -0.25) is 0 Å². The summed E-state index contributed by atoms with van der Waals surface area (Å²) in [5.74, 6) is -0.582. The Bertz CT molecular complexity index is 300. The molecule has 0 saturated heterocycles. The molecule has 0 aliphatic carbocycles. The minimum atomic E-state index is -0.653. The number of hydrogen-bond acceptors (Lipinski definition) is 5. The van der Waals surface area contributed by atoms with Crippen LogP contribution >= 0.6 is 0 Å². The quantitative estimate of drug-likeness (QED) is 0.385. The van der Waals surface area contributed by atoms with Crippen molar-refractivity contribution in [2.75, 3.05) is 0 Å². The van der Waals surface area contributed by atoms with Gasteiger partial charge < -0.3 is 21.3 Å². The Balaban J connectivity index is 0.00000169. The molecule has 1 rings (SSSR count). The van der Waals surface area contributed by atoms with Crippen molar-refractivity contribution < 1.29 is 34.1 Å². The van der Waals surface area contributed by atoms with Crippen LogP contribution in [-0.4, -0.2) is 11.1 Å². The number of phenolic OH excluding ortho intramolecular Hbond substituents is 1. The van der Waals surface area contributed by atoms with Crippen LogP contribution in [0.1, 0.15) is 10.4 Å². The summed E-state index contributed by atoms with van der Waals surface area (Å²) in [4.78, 5) is 11.1. The van der Waals surface area contributed by atoms with E-state index in [1.54, 1.807) is 0 Å².